The van der Waals surface area contributed by atoms with E-state index in [0.717, 1.165) is 53.8 Å². The highest BCUT2D eigenvalue weighted by Crippen LogP contribution is 2.64. The lowest BCUT2D eigenvalue weighted by molar-refractivity contribution is -0.133. The van der Waals surface area contributed by atoms with Gasteiger partial charge in [0, 0.05) is 11.3 Å². The normalized spacial score (nSPS) is 43.5. The second kappa shape index (κ2) is 7.41. The average Bonchev–Trinajstić information content (AvgIpc) is 3.33. The first-order valence-corrected chi connectivity index (χ1v) is 13.0. The zero-order valence-electron chi connectivity index (χ0n) is 19.7. The third-order valence-electron chi connectivity index (χ3n) is 10.5. The van der Waals surface area contributed by atoms with Gasteiger partial charge >= 0.3 is 0 Å². The molecule has 0 amide bonds. The van der Waals surface area contributed by atoms with Crippen LogP contribution in [0.1, 0.15) is 71.6 Å². The van der Waals surface area contributed by atoms with Crippen molar-refractivity contribution in [3.05, 3.63) is 30.5 Å². The van der Waals surface area contributed by atoms with Gasteiger partial charge in [0.05, 0.1) is 17.3 Å². The zero-order chi connectivity index (χ0) is 22.1. The summed E-state index contributed by atoms with van der Waals surface area (Å²) in [5.41, 5.74) is 0.781. The molecule has 1 aromatic carbocycles. The molecule has 0 spiro atoms. The first-order chi connectivity index (χ1) is 15.4. The summed E-state index contributed by atoms with van der Waals surface area (Å²) in [4.78, 5) is 13.6. The van der Waals surface area contributed by atoms with Gasteiger partial charge in [0.25, 0.3) is 0 Å². The van der Waals surface area contributed by atoms with Crippen LogP contribution in [0.2, 0.25) is 0 Å². The van der Waals surface area contributed by atoms with E-state index < -0.39 is 5.60 Å². The van der Waals surface area contributed by atoms with Gasteiger partial charge in [-0.1, -0.05) is 25.1 Å². The van der Waals surface area contributed by atoms with Crippen molar-refractivity contribution >= 4 is 16.7 Å². The molecule has 4 heteroatoms. The van der Waals surface area contributed by atoms with E-state index in [-0.39, 0.29) is 11.3 Å². The van der Waals surface area contributed by atoms with Crippen LogP contribution in [0.25, 0.3) is 10.9 Å². The predicted molar refractivity (Wildman–Crippen MR) is 126 cm³/mol. The van der Waals surface area contributed by atoms with E-state index in [4.69, 9.17) is 0 Å². The summed E-state index contributed by atoms with van der Waals surface area (Å²) in [5.74, 6) is 4.42. The molecule has 2 aromatic rings. The first-order valence-electron chi connectivity index (χ1n) is 13.0. The van der Waals surface area contributed by atoms with Crippen molar-refractivity contribution in [2.24, 2.45) is 40.9 Å². The highest BCUT2D eigenvalue weighted by atomic mass is 16.3. The molecule has 4 nitrogen and oxygen atoms in total. The van der Waals surface area contributed by atoms with Crippen LogP contribution >= 0.6 is 0 Å². The van der Waals surface area contributed by atoms with E-state index in [0.29, 0.717) is 18.2 Å². The van der Waals surface area contributed by atoms with Crippen LogP contribution in [-0.2, 0) is 11.3 Å². The molecular formula is C28H38N2O2. The highest BCUT2D eigenvalue weighted by molar-refractivity contribution is 5.85. The second-order valence-electron chi connectivity index (χ2n) is 12.2. The number of carbonyl (C=O) groups is 1. The Bertz CT molecular complexity index is 1030. The number of carbonyl (C=O) groups excluding carboxylic acids is 1. The minimum absolute atomic E-state index is 0.161. The largest absolute Gasteiger partial charge is 0.390 e. The number of nitrogens with zero attached hydrogens (tertiary/aromatic N) is 2. The number of benzene rings is 1. The van der Waals surface area contributed by atoms with Crippen molar-refractivity contribution in [2.45, 2.75) is 83.8 Å². The summed E-state index contributed by atoms with van der Waals surface area (Å²) in [6.45, 7) is 4.90. The van der Waals surface area contributed by atoms with Crippen molar-refractivity contribution in [1.29, 1.82) is 0 Å². The molecule has 32 heavy (non-hydrogen) atoms. The number of fused-ring (bicyclic) bond motifs is 6. The van der Waals surface area contributed by atoms with Crippen molar-refractivity contribution in [2.75, 3.05) is 0 Å². The van der Waals surface area contributed by atoms with Gasteiger partial charge in [-0.25, -0.2) is 0 Å². The van der Waals surface area contributed by atoms with Gasteiger partial charge < -0.3 is 5.11 Å². The third-order valence-corrected chi connectivity index (χ3v) is 10.5. The number of hydrogen-bond donors (Lipinski definition) is 1. The monoisotopic (exact) mass is 434 g/mol. The van der Waals surface area contributed by atoms with Gasteiger partial charge in [-0.15, -0.1) is 0 Å². The minimum atomic E-state index is -0.446. The standard InChI is InChI=1S/C28H38N2O2/c1-27(32)13-11-20-18(15-27)7-8-22-21(20)12-14-28(2)23(22)9-10-24(28)26(31)17-30-25-6-4-3-5-19(25)16-29-30/h3-6,16,18,20-24,32H,7-15,17H2,1-2H3/t18?,20?,21-,22?,23+,24?,27-,28?/m1/s1. The zero-order valence-corrected chi connectivity index (χ0v) is 19.7. The quantitative estimate of drug-likeness (QED) is 0.682. The number of rotatable bonds is 3. The van der Waals surface area contributed by atoms with Gasteiger partial charge in [0.2, 0.25) is 0 Å². The van der Waals surface area contributed by atoms with E-state index >= 15 is 0 Å². The van der Waals surface area contributed by atoms with E-state index in [1.807, 2.05) is 29.9 Å². The fraction of sp³-hybridized carbons (Fsp3) is 0.714. The Balaban J connectivity index is 1.20. The highest BCUT2D eigenvalue weighted by Gasteiger charge is 2.58. The number of ketones is 1. The summed E-state index contributed by atoms with van der Waals surface area (Å²) in [6.07, 6.45) is 12.4. The molecule has 4 aliphatic rings. The van der Waals surface area contributed by atoms with E-state index in [2.05, 4.69) is 24.2 Å². The Hall–Kier alpha value is -1.68. The molecule has 0 radical (unpaired) electrons. The summed E-state index contributed by atoms with van der Waals surface area (Å²) in [6, 6.07) is 8.19. The summed E-state index contributed by atoms with van der Waals surface area (Å²) >= 11 is 0. The lowest BCUT2D eigenvalue weighted by atomic mass is 9.49. The fourth-order valence-electron chi connectivity index (χ4n) is 9.02. The van der Waals surface area contributed by atoms with Crippen molar-refractivity contribution in [3.8, 4) is 0 Å². The molecule has 8 atom stereocenters. The lowest BCUT2D eigenvalue weighted by Crippen LogP contribution is -2.51. The molecule has 1 N–H and O–H groups in total. The van der Waals surface area contributed by atoms with Crippen LogP contribution in [0, 0.1) is 40.9 Å². The number of Topliss-reactive ketones (excluding diaryl/α,β-unsaturated/α-hetero) is 1. The Morgan fingerprint density at radius 1 is 1.03 bits per heavy atom. The molecule has 0 bridgehead atoms. The van der Waals surface area contributed by atoms with E-state index in [9.17, 15) is 9.90 Å². The lowest BCUT2D eigenvalue weighted by Gasteiger charge is -2.56. The van der Waals surface area contributed by atoms with E-state index in [1.54, 1.807) is 0 Å². The maximum Gasteiger partial charge on any atom is 0.157 e. The maximum absolute atomic E-state index is 13.6. The van der Waals surface area contributed by atoms with Crippen LogP contribution < -0.4 is 0 Å². The molecule has 172 valence electrons. The molecule has 5 unspecified atom stereocenters. The molecule has 0 aliphatic heterocycles. The van der Waals surface area contributed by atoms with Crippen LogP contribution in [0.5, 0.6) is 0 Å². The van der Waals surface area contributed by atoms with Crippen LogP contribution in [0.4, 0.5) is 0 Å². The Kier molecular flexibility index (Phi) is 4.84. The smallest absolute Gasteiger partial charge is 0.157 e. The molecule has 1 heterocycles. The van der Waals surface area contributed by atoms with Gasteiger partial charge in [0.1, 0.15) is 6.54 Å². The van der Waals surface area contributed by atoms with Crippen molar-refractivity contribution in [3.63, 3.8) is 0 Å². The Morgan fingerprint density at radius 3 is 2.72 bits per heavy atom. The first kappa shape index (κ1) is 20.9. The third kappa shape index (κ3) is 3.20. The molecule has 6 rings (SSSR count). The fourth-order valence-corrected chi connectivity index (χ4v) is 9.02. The van der Waals surface area contributed by atoms with Crippen LogP contribution in [-0.4, -0.2) is 26.3 Å². The SMILES string of the molecule is CC12CC[C@@H]3C4CC[C@@](C)(O)CC4CCC3[C@@H]1CCC2C(=O)Cn1ncc2ccccc21. The summed E-state index contributed by atoms with van der Waals surface area (Å²) in [5, 5.41) is 16.3. The van der Waals surface area contributed by atoms with Gasteiger partial charge in [0.15, 0.2) is 5.78 Å². The number of para-hydroxylation sites is 1. The molecule has 0 saturated heterocycles. The van der Waals surface area contributed by atoms with Gasteiger partial charge in [-0.3, -0.25) is 9.48 Å². The predicted octanol–water partition coefficient (Wildman–Crippen LogP) is 5.63. The summed E-state index contributed by atoms with van der Waals surface area (Å²) in [7, 11) is 0. The number of aliphatic hydroxyl groups is 1. The molecule has 4 aliphatic carbocycles. The molecular weight excluding hydrogens is 396 g/mol. The topological polar surface area (TPSA) is 55.1 Å². The van der Waals surface area contributed by atoms with Crippen molar-refractivity contribution < 1.29 is 9.90 Å². The van der Waals surface area contributed by atoms with Crippen molar-refractivity contribution in [1.82, 2.24) is 9.78 Å². The van der Waals surface area contributed by atoms with Gasteiger partial charge in [-0.05, 0) is 106 Å². The average molecular weight is 435 g/mol. The number of aromatic nitrogens is 2. The molecule has 4 fully saturated rings. The molecule has 1 aromatic heterocycles. The Labute approximate surface area is 191 Å². The van der Waals surface area contributed by atoms with E-state index in [1.165, 1.54) is 38.5 Å². The van der Waals surface area contributed by atoms with Gasteiger partial charge in [-0.2, -0.15) is 5.10 Å². The van der Waals surface area contributed by atoms with Crippen LogP contribution in [0.15, 0.2) is 30.5 Å². The second-order valence-corrected chi connectivity index (χ2v) is 12.2. The van der Waals surface area contributed by atoms with Crippen LogP contribution in [0.3, 0.4) is 0 Å². The Morgan fingerprint density at radius 2 is 1.84 bits per heavy atom. The maximum atomic E-state index is 13.6. The number of hydrogen-bond acceptors (Lipinski definition) is 3. The summed E-state index contributed by atoms with van der Waals surface area (Å²) < 4.78 is 1.92. The molecule has 4 saturated carbocycles. The minimum Gasteiger partial charge on any atom is -0.390 e.